The summed E-state index contributed by atoms with van der Waals surface area (Å²) in [5.74, 6) is 0.796. The average molecular weight is 387 g/mol. The number of ether oxygens (including phenoxy) is 1. The molecule has 0 unspecified atom stereocenters. The first-order valence-electron chi connectivity index (χ1n) is 10.3. The molecule has 2 saturated heterocycles. The molecule has 4 heterocycles. The van der Waals surface area contributed by atoms with Crippen molar-refractivity contribution in [1.29, 1.82) is 0 Å². The third kappa shape index (κ3) is 4.28. The topological polar surface area (TPSA) is 77.2 Å². The third-order valence-corrected chi connectivity index (χ3v) is 5.72. The summed E-state index contributed by atoms with van der Waals surface area (Å²) in [6.45, 7) is 8.44. The van der Waals surface area contributed by atoms with Gasteiger partial charge in [0, 0.05) is 50.1 Å². The van der Waals surface area contributed by atoms with Gasteiger partial charge >= 0.3 is 0 Å². The molecule has 28 heavy (non-hydrogen) atoms. The number of hydrogen-bond donors (Lipinski definition) is 1. The molecule has 8 heteroatoms. The Morgan fingerprint density at radius 3 is 2.79 bits per heavy atom. The van der Waals surface area contributed by atoms with E-state index in [0.717, 1.165) is 44.7 Å². The summed E-state index contributed by atoms with van der Waals surface area (Å²) in [5, 5.41) is 12.0. The molecule has 0 aliphatic carbocycles. The van der Waals surface area contributed by atoms with Crippen molar-refractivity contribution < 1.29 is 9.53 Å². The zero-order valence-corrected chi connectivity index (χ0v) is 16.8. The van der Waals surface area contributed by atoms with E-state index in [1.54, 1.807) is 6.20 Å². The summed E-state index contributed by atoms with van der Waals surface area (Å²) in [4.78, 5) is 14.9. The molecule has 152 valence electrons. The highest BCUT2D eigenvalue weighted by Crippen LogP contribution is 2.27. The van der Waals surface area contributed by atoms with Crippen molar-refractivity contribution in [3.05, 3.63) is 30.2 Å². The van der Waals surface area contributed by atoms with Gasteiger partial charge in [0.05, 0.1) is 31.0 Å². The quantitative estimate of drug-likeness (QED) is 0.825. The number of carbonyl (C=O) groups is 1. The fraction of sp³-hybridized carbons (Fsp3) is 0.650. The van der Waals surface area contributed by atoms with Crippen LogP contribution in [-0.4, -0.2) is 56.7 Å². The molecular formula is C20H30N6O2. The molecule has 2 aliphatic rings. The van der Waals surface area contributed by atoms with Crippen LogP contribution < -0.4 is 5.32 Å². The van der Waals surface area contributed by atoms with Crippen LogP contribution in [0.2, 0.25) is 0 Å². The van der Waals surface area contributed by atoms with Crippen LogP contribution in [0, 0.1) is 5.92 Å². The van der Waals surface area contributed by atoms with Gasteiger partial charge in [-0.15, -0.1) is 0 Å². The number of likely N-dealkylation sites (tertiary alicyclic amines) is 1. The molecule has 0 spiro atoms. The second kappa shape index (κ2) is 8.45. The second-order valence-corrected chi connectivity index (χ2v) is 8.14. The Hall–Kier alpha value is -2.19. The van der Waals surface area contributed by atoms with E-state index in [1.807, 2.05) is 21.6 Å². The molecule has 2 fully saturated rings. The summed E-state index contributed by atoms with van der Waals surface area (Å²) in [7, 11) is 0. The largest absolute Gasteiger partial charge is 0.381 e. The van der Waals surface area contributed by atoms with E-state index >= 15 is 0 Å². The van der Waals surface area contributed by atoms with Gasteiger partial charge in [-0.3, -0.25) is 14.4 Å². The van der Waals surface area contributed by atoms with Crippen LogP contribution in [0.25, 0.3) is 0 Å². The lowest BCUT2D eigenvalue weighted by Crippen LogP contribution is -2.35. The van der Waals surface area contributed by atoms with E-state index in [0.29, 0.717) is 25.3 Å². The summed E-state index contributed by atoms with van der Waals surface area (Å²) in [5.41, 5.74) is 1.26. The first-order chi connectivity index (χ1) is 13.6. The van der Waals surface area contributed by atoms with Crippen LogP contribution in [0.5, 0.6) is 0 Å². The molecule has 8 nitrogen and oxygen atoms in total. The Labute approximate surface area is 165 Å². The molecule has 0 radical (unpaired) electrons. The van der Waals surface area contributed by atoms with Gasteiger partial charge in [-0.25, -0.2) is 4.68 Å². The van der Waals surface area contributed by atoms with Gasteiger partial charge in [0.1, 0.15) is 5.82 Å². The maximum absolute atomic E-state index is 12.4. The Balaban J connectivity index is 1.31. The van der Waals surface area contributed by atoms with Crippen LogP contribution in [0.15, 0.2) is 24.7 Å². The lowest BCUT2D eigenvalue weighted by Gasteiger charge is -2.32. The number of amides is 1. The highest BCUT2D eigenvalue weighted by atomic mass is 16.5. The molecule has 2 aromatic rings. The molecule has 0 bridgehead atoms. The smallest absolute Gasteiger partial charge is 0.231 e. The molecule has 2 aliphatic heterocycles. The minimum Gasteiger partial charge on any atom is -0.381 e. The summed E-state index contributed by atoms with van der Waals surface area (Å²) in [6, 6.07) is 2.60. The maximum Gasteiger partial charge on any atom is 0.231 e. The molecule has 0 saturated carbocycles. The van der Waals surface area contributed by atoms with E-state index in [9.17, 15) is 4.79 Å². The standard InChI is InChI=1S/C20H30N6O2/c1-15(2)25-13-16(11-22-25)12-24-8-4-18(5-9-24)26-19(3-7-21-26)23-20(27)17-6-10-28-14-17/h3,7,11,13,15,17-18H,4-6,8-10,12,14H2,1-2H3,(H,23,27)/t17-/m1/s1. The molecule has 1 amide bonds. The van der Waals surface area contributed by atoms with E-state index in [2.05, 4.69) is 40.5 Å². The van der Waals surface area contributed by atoms with E-state index in [1.165, 1.54) is 5.56 Å². The normalized spacial score (nSPS) is 21.5. The minimum absolute atomic E-state index is 0.0406. The van der Waals surface area contributed by atoms with Gasteiger partial charge < -0.3 is 10.1 Å². The van der Waals surface area contributed by atoms with Gasteiger partial charge in [0.15, 0.2) is 0 Å². The number of nitrogens with zero attached hydrogens (tertiary/aromatic N) is 5. The first-order valence-corrected chi connectivity index (χ1v) is 10.3. The first kappa shape index (κ1) is 19.1. The Morgan fingerprint density at radius 1 is 1.29 bits per heavy atom. The number of aromatic nitrogens is 4. The van der Waals surface area contributed by atoms with E-state index in [-0.39, 0.29) is 11.8 Å². The van der Waals surface area contributed by atoms with Crippen LogP contribution in [-0.2, 0) is 16.1 Å². The molecular weight excluding hydrogens is 356 g/mol. The van der Waals surface area contributed by atoms with Crippen molar-refractivity contribution in [2.75, 3.05) is 31.6 Å². The highest BCUT2D eigenvalue weighted by molar-refractivity contribution is 5.92. The fourth-order valence-corrected chi connectivity index (χ4v) is 4.00. The lowest BCUT2D eigenvalue weighted by atomic mass is 10.0. The van der Waals surface area contributed by atoms with Gasteiger partial charge in [-0.2, -0.15) is 10.2 Å². The van der Waals surface area contributed by atoms with Crippen molar-refractivity contribution in [1.82, 2.24) is 24.5 Å². The SMILES string of the molecule is CC(C)n1cc(CN2CCC(n3nccc3NC(=O)[C@@H]3CCOC3)CC2)cn1. The van der Waals surface area contributed by atoms with Crippen LogP contribution >= 0.6 is 0 Å². The zero-order valence-electron chi connectivity index (χ0n) is 16.8. The summed E-state index contributed by atoms with van der Waals surface area (Å²) in [6.07, 6.45) is 8.73. The Morgan fingerprint density at radius 2 is 2.11 bits per heavy atom. The second-order valence-electron chi connectivity index (χ2n) is 8.14. The maximum atomic E-state index is 12.4. The van der Waals surface area contributed by atoms with Crippen molar-refractivity contribution in [3.8, 4) is 0 Å². The van der Waals surface area contributed by atoms with Gasteiger partial charge in [0.2, 0.25) is 5.91 Å². The highest BCUT2D eigenvalue weighted by Gasteiger charge is 2.27. The van der Waals surface area contributed by atoms with Crippen LogP contribution in [0.1, 0.15) is 50.8 Å². The van der Waals surface area contributed by atoms with E-state index in [4.69, 9.17) is 4.74 Å². The average Bonchev–Trinajstić information content (AvgIpc) is 3.44. The zero-order chi connectivity index (χ0) is 19.5. The number of hydrogen-bond acceptors (Lipinski definition) is 5. The predicted molar refractivity (Wildman–Crippen MR) is 106 cm³/mol. The lowest BCUT2D eigenvalue weighted by molar-refractivity contribution is -0.119. The predicted octanol–water partition coefficient (Wildman–Crippen LogP) is 2.47. The molecule has 4 rings (SSSR count). The Kier molecular flexibility index (Phi) is 5.77. The third-order valence-electron chi connectivity index (χ3n) is 5.72. The molecule has 1 N–H and O–H groups in total. The van der Waals surface area contributed by atoms with Crippen LogP contribution in [0.3, 0.4) is 0 Å². The molecule has 0 aromatic carbocycles. The Bertz CT molecular complexity index is 784. The summed E-state index contributed by atoms with van der Waals surface area (Å²) >= 11 is 0. The van der Waals surface area contributed by atoms with Crippen molar-refractivity contribution >= 4 is 11.7 Å². The van der Waals surface area contributed by atoms with Crippen LogP contribution in [0.4, 0.5) is 5.82 Å². The van der Waals surface area contributed by atoms with E-state index < -0.39 is 0 Å². The fourth-order valence-electron chi connectivity index (χ4n) is 4.00. The number of carbonyl (C=O) groups excluding carboxylic acids is 1. The summed E-state index contributed by atoms with van der Waals surface area (Å²) < 4.78 is 9.32. The van der Waals surface area contributed by atoms with Crippen molar-refractivity contribution in [3.63, 3.8) is 0 Å². The molecule has 1 atom stereocenters. The van der Waals surface area contributed by atoms with Crippen molar-refractivity contribution in [2.24, 2.45) is 5.92 Å². The van der Waals surface area contributed by atoms with Crippen molar-refractivity contribution in [2.45, 2.75) is 51.7 Å². The van der Waals surface area contributed by atoms with Gasteiger partial charge in [0.25, 0.3) is 0 Å². The van der Waals surface area contributed by atoms with Gasteiger partial charge in [-0.05, 0) is 33.1 Å². The molecule has 2 aromatic heterocycles. The number of nitrogens with one attached hydrogen (secondary N) is 1. The number of piperidine rings is 1. The monoisotopic (exact) mass is 386 g/mol. The number of anilines is 1. The van der Waals surface area contributed by atoms with Gasteiger partial charge in [-0.1, -0.05) is 0 Å². The number of rotatable bonds is 6. The minimum atomic E-state index is -0.0445.